The summed E-state index contributed by atoms with van der Waals surface area (Å²) < 4.78 is 5.48. The minimum absolute atomic E-state index is 0.0688. The van der Waals surface area contributed by atoms with E-state index in [1.54, 1.807) is 0 Å². The topological polar surface area (TPSA) is 61.8 Å². The highest BCUT2D eigenvalue weighted by Gasteiger charge is 2.23. The van der Waals surface area contributed by atoms with Crippen molar-refractivity contribution in [2.75, 3.05) is 32.8 Å². The second-order valence-electron chi connectivity index (χ2n) is 4.84. The number of carbonyl (C=O) groups is 1. The van der Waals surface area contributed by atoms with Crippen LogP contribution in [0, 0.1) is 0 Å². The summed E-state index contributed by atoms with van der Waals surface area (Å²) in [6.07, 6.45) is 2.52. The van der Waals surface area contributed by atoms with Crippen LogP contribution in [0.2, 0.25) is 0 Å². The van der Waals surface area contributed by atoms with Crippen molar-refractivity contribution in [2.45, 2.75) is 45.3 Å². The highest BCUT2D eigenvalue weighted by Crippen LogP contribution is 2.14. The lowest BCUT2D eigenvalue weighted by molar-refractivity contribution is -0.134. The molecule has 1 rings (SSSR count). The zero-order valence-electron chi connectivity index (χ0n) is 11.5. The second-order valence-corrected chi connectivity index (χ2v) is 4.84. The molecule has 1 heterocycles. The van der Waals surface area contributed by atoms with E-state index in [2.05, 4.69) is 5.32 Å². The molecule has 1 atom stereocenters. The summed E-state index contributed by atoms with van der Waals surface area (Å²) >= 11 is 0. The second kappa shape index (κ2) is 8.45. The molecule has 5 heteroatoms. The van der Waals surface area contributed by atoms with Gasteiger partial charge in [0.1, 0.15) is 0 Å². The number of hydrogen-bond donors (Lipinski definition) is 2. The fraction of sp³-hybridized carbons (Fsp3) is 0.923. The van der Waals surface area contributed by atoms with Crippen molar-refractivity contribution in [3.8, 4) is 0 Å². The smallest absolute Gasteiger partial charge is 0.224 e. The number of hydrogen-bond acceptors (Lipinski definition) is 4. The predicted molar refractivity (Wildman–Crippen MR) is 70.4 cm³/mol. The molecule has 1 aliphatic rings. The van der Waals surface area contributed by atoms with Crippen LogP contribution in [-0.4, -0.2) is 60.9 Å². The highest BCUT2D eigenvalue weighted by atomic mass is 16.5. The Morgan fingerprint density at radius 3 is 2.72 bits per heavy atom. The maximum absolute atomic E-state index is 12.0. The summed E-state index contributed by atoms with van der Waals surface area (Å²) in [4.78, 5) is 13.9. The quantitative estimate of drug-likeness (QED) is 0.693. The van der Waals surface area contributed by atoms with Gasteiger partial charge in [0.15, 0.2) is 0 Å². The van der Waals surface area contributed by atoms with Crippen LogP contribution in [0.15, 0.2) is 0 Å². The van der Waals surface area contributed by atoms with E-state index in [0.29, 0.717) is 13.0 Å². The maximum atomic E-state index is 12.0. The molecule has 1 unspecified atom stereocenters. The summed E-state index contributed by atoms with van der Waals surface area (Å²) in [7, 11) is 0. The lowest BCUT2D eigenvalue weighted by atomic mass is 10.1. The molecule has 5 nitrogen and oxygen atoms in total. The van der Waals surface area contributed by atoms with Gasteiger partial charge in [0, 0.05) is 25.6 Å². The van der Waals surface area contributed by atoms with Gasteiger partial charge in [-0.05, 0) is 26.3 Å². The first-order chi connectivity index (χ1) is 8.67. The molecule has 0 saturated carbocycles. The molecule has 1 fully saturated rings. The van der Waals surface area contributed by atoms with Crippen molar-refractivity contribution in [3.63, 3.8) is 0 Å². The Labute approximate surface area is 109 Å². The average Bonchev–Trinajstić information content (AvgIpc) is 2.37. The first-order valence-electron chi connectivity index (χ1n) is 6.91. The summed E-state index contributed by atoms with van der Waals surface area (Å²) in [6.45, 7) is 6.99. The first-order valence-corrected chi connectivity index (χ1v) is 6.91. The number of aliphatic hydroxyl groups excluding tert-OH is 1. The van der Waals surface area contributed by atoms with Crippen LogP contribution in [0.3, 0.4) is 0 Å². The molecule has 106 valence electrons. The number of amides is 1. The number of ether oxygens (including phenoxy) is 1. The van der Waals surface area contributed by atoms with Gasteiger partial charge in [0.25, 0.3) is 0 Å². The van der Waals surface area contributed by atoms with Crippen molar-refractivity contribution in [2.24, 2.45) is 0 Å². The van der Waals surface area contributed by atoms with Gasteiger partial charge in [-0.25, -0.2) is 0 Å². The molecular weight excluding hydrogens is 232 g/mol. The molecule has 1 saturated heterocycles. The van der Waals surface area contributed by atoms with Crippen LogP contribution in [0.4, 0.5) is 0 Å². The Bertz CT molecular complexity index is 240. The van der Waals surface area contributed by atoms with Crippen LogP contribution in [-0.2, 0) is 9.53 Å². The minimum Gasteiger partial charge on any atom is -0.394 e. The fourth-order valence-corrected chi connectivity index (χ4v) is 2.30. The van der Waals surface area contributed by atoms with E-state index < -0.39 is 0 Å². The van der Waals surface area contributed by atoms with Gasteiger partial charge in [0.05, 0.1) is 19.3 Å². The average molecular weight is 258 g/mol. The van der Waals surface area contributed by atoms with Gasteiger partial charge >= 0.3 is 0 Å². The van der Waals surface area contributed by atoms with Gasteiger partial charge in [-0.1, -0.05) is 6.92 Å². The summed E-state index contributed by atoms with van der Waals surface area (Å²) in [5, 5.41) is 11.9. The van der Waals surface area contributed by atoms with E-state index in [4.69, 9.17) is 9.84 Å². The number of nitrogens with zero attached hydrogens (tertiary/aromatic N) is 1. The Kier molecular flexibility index (Phi) is 7.23. The molecule has 1 amide bonds. The monoisotopic (exact) mass is 258 g/mol. The summed E-state index contributed by atoms with van der Waals surface area (Å²) in [5.74, 6) is 0.226. The van der Waals surface area contributed by atoms with Gasteiger partial charge in [-0.3, -0.25) is 4.79 Å². The Hall–Kier alpha value is -0.650. The molecule has 0 radical (unpaired) electrons. The number of aliphatic hydroxyl groups is 1. The zero-order chi connectivity index (χ0) is 13.4. The lowest BCUT2D eigenvalue weighted by Crippen LogP contribution is -2.43. The van der Waals surface area contributed by atoms with Crippen molar-refractivity contribution in [1.29, 1.82) is 0 Å². The van der Waals surface area contributed by atoms with Gasteiger partial charge in [-0.15, -0.1) is 0 Å². The molecule has 0 aromatic rings. The van der Waals surface area contributed by atoms with Gasteiger partial charge in [0.2, 0.25) is 5.91 Å². The van der Waals surface area contributed by atoms with Crippen LogP contribution in [0.1, 0.15) is 33.1 Å². The Balaban J connectivity index is 2.23. The van der Waals surface area contributed by atoms with E-state index in [0.717, 1.165) is 32.5 Å². The molecule has 2 N–H and O–H groups in total. The van der Waals surface area contributed by atoms with Gasteiger partial charge < -0.3 is 20.1 Å². The molecule has 0 aromatic carbocycles. The van der Waals surface area contributed by atoms with Crippen molar-refractivity contribution < 1.29 is 14.6 Å². The zero-order valence-corrected chi connectivity index (χ0v) is 11.5. The van der Waals surface area contributed by atoms with E-state index in [9.17, 15) is 4.79 Å². The number of rotatable bonds is 7. The Morgan fingerprint density at radius 2 is 2.17 bits per heavy atom. The van der Waals surface area contributed by atoms with E-state index in [1.807, 2.05) is 18.7 Å². The van der Waals surface area contributed by atoms with Gasteiger partial charge in [-0.2, -0.15) is 0 Å². The first kappa shape index (κ1) is 15.4. The van der Waals surface area contributed by atoms with Crippen molar-refractivity contribution in [3.05, 3.63) is 0 Å². The van der Waals surface area contributed by atoms with Crippen LogP contribution >= 0.6 is 0 Å². The van der Waals surface area contributed by atoms with Crippen LogP contribution in [0.5, 0.6) is 0 Å². The van der Waals surface area contributed by atoms with Crippen LogP contribution < -0.4 is 5.32 Å². The molecule has 1 aliphatic heterocycles. The molecule has 0 bridgehead atoms. The fourth-order valence-electron chi connectivity index (χ4n) is 2.30. The molecule has 18 heavy (non-hydrogen) atoms. The normalized spacial score (nSPS) is 18.9. The third-order valence-electron chi connectivity index (χ3n) is 3.27. The summed E-state index contributed by atoms with van der Waals surface area (Å²) in [6, 6.07) is 0.242. The molecule has 0 aliphatic carbocycles. The molecular formula is C13H26N2O3. The van der Waals surface area contributed by atoms with Crippen molar-refractivity contribution >= 4 is 5.91 Å². The van der Waals surface area contributed by atoms with E-state index in [1.165, 1.54) is 0 Å². The number of piperidine rings is 1. The lowest BCUT2D eigenvalue weighted by Gasteiger charge is -2.32. The minimum atomic E-state index is 0.0688. The number of carbonyl (C=O) groups excluding carboxylic acids is 1. The van der Waals surface area contributed by atoms with E-state index in [-0.39, 0.29) is 24.7 Å². The third-order valence-corrected chi connectivity index (χ3v) is 3.27. The molecule has 0 spiro atoms. The van der Waals surface area contributed by atoms with Crippen LogP contribution in [0.25, 0.3) is 0 Å². The third kappa shape index (κ3) is 5.33. The SMILES string of the molecule is CCNC(C)CC(=O)N1CCC(OCCO)CC1. The summed E-state index contributed by atoms with van der Waals surface area (Å²) in [5.41, 5.74) is 0. The maximum Gasteiger partial charge on any atom is 0.224 e. The highest BCUT2D eigenvalue weighted by molar-refractivity contribution is 5.76. The Morgan fingerprint density at radius 1 is 1.50 bits per heavy atom. The number of likely N-dealkylation sites (tertiary alicyclic amines) is 1. The number of nitrogens with one attached hydrogen (secondary N) is 1. The standard InChI is InChI=1S/C13H26N2O3/c1-3-14-11(2)10-13(17)15-6-4-12(5-7-15)18-9-8-16/h11-12,14,16H,3-10H2,1-2H3. The van der Waals surface area contributed by atoms with E-state index >= 15 is 0 Å². The molecule has 0 aromatic heterocycles. The largest absolute Gasteiger partial charge is 0.394 e. The predicted octanol–water partition coefficient (Wildman–Crippen LogP) is 0.374. The van der Waals surface area contributed by atoms with Crippen molar-refractivity contribution in [1.82, 2.24) is 10.2 Å².